The molecule has 122 valence electrons. The Morgan fingerprint density at radius 2 is 1.71 bits per heavy atom. The van der Waals surface area contributed by atoms with Crippen molar-refractivity contribution in [1.29, 1.82) is 0 Å². The summed E-state index contributed by atoms with van der Waals surface area (Å²) in [4.78, 5) is 17.7. The lowest BCUT2D eigenvalue weighted by atomic mass is 10.0. The first kappa shape index (κ1) is 14.9. The maximum absolute atomic E-state index is 12.3. The average molecular weight is 320 g/mol. The zero-order chi connectivity index (χ0) is 16.4. The molecule has 0 bridgehead atoms. The van der Waals surface area contributed by atoms with Gasteiger partial charge in [-0.2, -0.15) is 0 Å². The lowest BCUT2D eigenvalue weighted by Gasteiger charge is -2.07. The minimum absolute atomic E-state index is 0.104. The molecule has 4 nitrogen and oxygen atoms in total. The predicted molar refractivity (Wildman–Crippen MR) is 92.6 cm³/mol. The Hall–Kier alpha value is -2.62. The molecule has 3 atom stereocenters. The largest absolute Gasteiger partial charge is 0.387 e. The molecule has 4 heteroatoms. The van der Waals surface area contributed by atoms with Crippen molar-refractivity contribution in [3.8, 4) is 0 Å². The Balaban J connectivity index is 1.26. The van der Waals surface area contributed by atoms with Crippen molar-refractivity contribution in [1.82, 2.24) is 5.32 Å². The summed E-state index contributed by atoms with van der Waals surface area (Å²) in [5, 5.41) is 6.98. The molecule has 24 heavy (non-hydrogen) atoms. The summed E-state index contributed by atoms with van der Waals surface area (Å²) in [5.41, 5.74) is 2.90. The molecular weight excluding hydrogens is 300 g/mol. The Bertz CT molecular complexity index is 743. The van der Waals surface area contributed by atoms with E-state index >= 15 is 0 Å². The minimum Gasteiger partial charge on any atom is -0.387 e. The van der Waals surface area contributed by atoms with Crippen LogP contribution in [0.1, 0.15) is 36.0 Å². The highest BCUT2D eigenvalue weighted by Gasteiger charge is 2.38. The van der Waals surface area contributed by atoms with Crippen molar-refractivity contribution >= 4 is 11.6 Å². The topological polar surface area (TPSA) is 50.7 Å². The van der Waals surface area contributed by atoms with Crippen molar-refractivity contribution in [2.24, 2.45) is 11.1 Å². The molecule has 0 saturated heterocycles. The van der Waals surface area contributed by atoms with E-state index in [-0.39, 0.29) is 12.0 Å². The molecule has 3 unspecified atom stereocenters. The molecule has 1 heterocycles. The Morgan fingerprint density at radius 3 is 2.42 bits per heavy atom. The number of amides is 1. The third-order valence-corrected chi connectivity index (χ3v) is 4.78. The molecule has 0 radical (unpaired) electrons. The number of hydrogen-bond donors (Lipinski definition) is 1. The van der Waals surface area contributed by atoms with Crippen LogP contribution in [0.3, 0.4) is 0 Å². The standard InChI is InChI=1S/C20H20N2O2/c23-20(18-12-19(24-22-18)15-9-5-2-6-10-15)21-13-16-11-17(16)14-7-3-1-4-8-14/h1-10,16-17,19H,11-13H2,(H,21,23). The Labute approximate surface area is 141 Å². The van der Waals surface area contributed by atoms with Gasteiger partial charge in [-0.15, -0.1) is 0 Å². The van der Waals surface area contributed by atoms with Crippen LogP contribution in [0.25, 0.3) is 0 Å². The van der Waals surface area contributed by atoms with E-state index in [0.717, 1.165) is 12.0 Å². The summed E-state index contributed by atoms with van der Waals surface area (Å²) in [7, 11) is 0. The fourth-order valence-electron chi connectivity index (χ4n) is 3.27. The summed E-state index contributed by atoms with van der Waals surface area (Å²) in [6.45, 7) is 0.702. The Morgan fingerprint density at radius 1 is 1.04 bits per heavy atom. The summed E-state index contributed by atoms with van der Waals surface area (Å²) >= 11 is 0. The molecular formula is C20H20N2O2. The molecule has 2 aliphatic rings. The lowest BCUT2D eigenvalue weighted by molar-refractivity contribution is -0.115. The van der Waals surface area contributed by atoms with Gasteiger partial charge in [-0.05, 0) is 29.4 Å². The van der Waals surface area contributed by atoms with Crippen LogP contribution in [0.2, 0.25) is 0 Å². The second kappa shape index (κ2) is 6.48. The van der Waals surface area contributed by atoms with E-state index in [4.69, 9.17) is 4.84 Å². The van der Waals surface area contributed by atoms with Gasteiger partial charge in [-0.1, -0.05) is 65.8 Å². The first-order valence-electron chi connectivity index (χ1n) is 8.42. The number of oxime groups is 1. The monoisotopic (exact) mass is 320 g/mol. The molecule has 1 amide bonds. The highest BCUT2D eigenvalue weighted by molar-refractivity contribution is 6.39. The van der Waals surface area contributed by atoms with Crippen LogP contribution in [-0.4, -0.2) is 18.2 Å². The third kappa shape index (κ3) is 3.18. The lowest BCUT2D eigenvalue weighted by Crippen LogP contribution is -2.32. The van der Waals surface area contributed by atoms with Crippen molar-refractivity contribution in [2.45, 2.75) is 24.9 Å². The van der Waals surface area contributed by atoms with E-state index in [1.165, 1.54) is 5.56 Å². The summed E-state index contributed by atoms with van der Waals surface area (Å²) in [6.07, 6.45) is 1.52. The van der Waals surface area contributed by atoms with Gasteiger partial charge in [0, 0.05) is 13.0 Å². The molecule has 4 rings (SSSR count). The van der Waals surface area contributed by atoms with Crippen LogP contribution >= 0.6 is 0 Å². The van der Waals surface area contributed by atoms with Crippen LogP contribution in [0.15, 0.2) is 65.8 Å². The van der Waals surface area contributed by atoms with Crippen LogP contribution < -0.4 is 5.32 Å². The molecule has 1 aliphatic carbocycles. The molecule has 0 spiro atoms. The second-order valence-electron chi connectivity index (χ2n) is 6.47. The second-order valence-corrected chi connectivity index (χ2v) is 6.47. The molecule has 0 aromatic heterocycles. The molecule has 1 aliphatic heterocycles. The van der Waals surface area contributed by atoms with Gasteiger partial charge in [0.05, 0.1) is 0 Å². The van der Waals surface area contributed by atoms with Crippen LogP contribution in [0, 0.1) is 5.92 Å². The fraction of sp³-hybridized carbons (Fsp3) is 0.300. The number of carbonyl (C=O) groups is 1. The zero-order valence-corrected chi connectivity index (χ0v) is 13.4. The third-order valence-electron chi connectivity index (χ3n) is 4.78. The van der Waals surface area contributed by atoms with E-state index in [9.17, 15) is 4.79 Å². The molecule has 1 saturated carbocycles. The van der Waals surface area contributed by atoms with Gasteiger partial charge in [-0.25, -0.2) is 0 Å². The number of nitrogens with zero attached hydrogens (tertiary/aromatic N) is 1. The van der Waals surface area contributed by atoms with E-state index in [1.807, 2.05) is 36.4 Å². The number of rotatable bonds is 5. The van der Waals surface area contributed by atoms with E-state index in [1.54, 1.807) is 0 Å². The quantitative estimate of drug-likeness (QED) is 0.917. The van der Waals surface area contributed by atoms with E-state index < -0.39 is 0 Å². The highest BCUT2D eigenvalue weighted by atomic mass is 16.6. The van der Waals surface area contributed by atoms with Gasteiger partial charge in [0.2, 0.25) is 0 Å². The van der Waals surface area contributed by atoms with E-state index in [2.05, 4.69) is 34.7 Å². The number of nitrogens with one attached hydrogen (secondary N) is 1. The van der Waals surface area contributed by atoms with Gasteiger partial charge in [0.1, 0.15) is 5.71 Å². The van der Waals surface area contributed by atoms with Crippen LogP contribution in [0.5, 0.6) is 0 Å². The highest BCUT2D eigenvalue weighted by Crippen LogP contribution is 2.46. The van der Waals surface area contributed by atoms with E-state index in [0.29, 0.717) is 30.5 Å². The first-order chi connectivity index (χ1) is 11.8. The van der Waals surface area contributed by atoms with Gasteiger partial charge < -0.3 is 10.2 Å². The van der Waals surface area contributed by atoms with Crippen molar-refractivity contribution in [3.63, 3.8) is 0 Å². The van der Waals surface area contributed by atoms with Crippen molar-refractivity contribution < 1.29 is 9.63 Å². The van der Waals surface area contributed by atoms with Crippen molar-refractivity contribution in [2.75, 3.05) is 6.54 Å². The number of carbonyl (C=O) groups excluding carboxylic acids is 1. The first-order valence-corrected chi connectivity index (χ1v) is 8.42. The smallest absolute Gasteiger partial charge is 0.269 e. The maximum atomic E-state index is 12.3. The fourth-order valence-corrected chi connectivity index (χ4v) is 3.27. The summed E-state index contributed by atoms with van der Waals surface area (Å²) < 4.78 is 0. The maximum Gasteiger partial charge on any atom is 0.269 e. The number of hydrogen-bond acceptors (Lipinski definition) is 3. The minimum atomic E-state index is -0.148. The van der Waals surface area contributed by atoms with Crippen molar-refractivity contribution in [3.05, 3.63) is 71.8 Å². The van der Waals surface area contributed by atoms with Crippen LogP contribution in [-0.2, 0) is 9.63 Å². The molecule has 1 N–H and O–H groups in total. The Kier molecular flexibility index (Phi) is 4.03. The SMILES string of the molecule is O=C(NCC1CC1c1ccccc1)C1=NOC(c2ccccc2)C1. The predicted octanol–water partition coefficient (Wildman–Crippen LogP) is 3.42. The summed E-state index contributed by atoms with van der Waals surface area (Å²) in [5.74, 6) is 1.00. The summed E-state index contributed by atoms with van der Waals surface area (Å²) in [6, 6.07) is 20.4. The molecule has 1 fully saturated rings. The van der Waals surface area contributed by atoms with Gasteiger partial charge in [0.25, 0.3) is 5.91 Å². The molecule has 2 aromatic carbocycles. The number of benzene rings is 2. The zero-order valence-electron chi connectivity index (χ0n) is 13.4. The van der Waals surface area contributed by atoms with Crippen LogP contribution in [0.4, 0.5) is 0 Å². The van der Waals surface area contributed by atoms with Gasteiger partial charge >= 0.3 is 0 Å². The van der Waals surface area contributed by atoms with Gasteiger partial charge in [-0.3, -0.25) is 4.79 Å². The van der Waals surface area contributed by atoms with Gasteiger partial charge in [0.15, 0.2) is 6.10 Å². The average Bonchev–Trinajstić information content (AvgIpc) is 3.25. The molecule has 2 aromatic rings. The normalized spacial score (nSPS) is 24.8.